The van der Waals surface area contributed by atoms with Crippen LogP contribution < -0.4 is 16.0 Å². The number of esters is 1. The van der Waals surface area contributed by atoms with Crippen molar-refractivity contribution in [2.45, 2.75) is 19.8 Å². The summed E-state index contributed by atoms with van der Waals surface area (Å²) in [5, 5.41) is 0.725. The number of carbonyl (C=O) groups is 1. The maximum atomic E-state index is 12.7. The minimum absolute atomic E-state index is 0.0259. The lowest BCUT2D eigenvalue weighted by atomic mass is 9.83. The molecule has 8 heteroatoms. The summed E-state index contributed by atoms with van der Waals surface area (Å²) in [6.07, 6.45) is 0. The third-order valence-electron chi connectivity index (χ3n) is 4.00. The van der Waals surface area contributed by atoms with Crippen molar-refractivity contribution in [3.63, 3.8) is 0 Å². The Labute approximate surface area is 159 Å². The molecule has 0 saturated heterocycles. The predicted octanol–water partition coefficient (Wildman–Crippen LogP) is 3.25. The minimum Gasteiger partial charge on any atom is -0.462 e. The van der Waals surface area contributed by atoms with E-state index in [4.69, 9.17) is 38.4 Å². The van der Waals surface area contributed by atoms with Crippen LogP contribution in [0.4, 0.5) is 0 Å². The molecule has 1 aliphatic rings. The Morgan fingerprint density at radius 3 is 2.73 bits per heavy atom. The Morgan fingerprint density at radius 2 is 2.08 bits per heavy atom. The third kappa shape index (κ3) is 3.18. The SMILES string of the molecule is CCOC(=O)C1=C(N)Oc2cc(C)[nH]c(=O)c2C1c1ccc(Cl)cc1Cl. The number of hydrogen-bond donors (Lipinski definition) is 2. The number of H-pyrrole nitrogens is 1. The van der Waals surface area contributed by atoms with Crippen molar-refractivity contribution in [3.05, 3.63) is 72.9 Å². The van der Waals surface area contributed by atoms with E-state index in [1.807, 2.05) is 0 Å². The second kappa shape index (κ2) is 7.05. The van der Waals surface area contributed by atoms with E-state index in [0.29, 0.717) is 21.3 Å². The predicted molar refractivity (Wildman–Crippen MR) is 98.6 cm³/mol. The smallest absolute Gasteiger partial charge is 0.340 e. The van der Waals surface area contributed by atoms with Crippen molar-refractivity contribution in [1.82, 2.24) is 4.98 Å². The second-order valence-electron chi connectivity index (χ2n) is 5.76. The fraction of sp³-hybridized carbons (Fsp3) is 0.222. The number of carbonyl (C=O) groups excluding carboxylic acids is 1. The van der Waals surface area contributed by atoms with Gasteiger partial charge in [0.15, 0.2) is 0 Å². The fourth-order valence-electron chi connectivity index (χ4n) is 2.96. The number of ether oxygens (including phenoxy) is 2. The number of aromatic nitrogens is 1. The van der Waals surface area contributed by atoms with E-state index < -0.39 is 17.4 Å². The Kier molecular flexibility index (Phi) is 4.98. The van der Waals surface area contributed by atoms with Crippen molar-refractivity contribution in [3.8, 4) is 5.75 Å². The van der Waals surface area contributed by atoms with Crippen LogP contribution in [0.25, 0.3) is 0 Å². The van der Waals surface area contributed by atoms with Crippen molar-refractivity contribution in [1.29, 1.82) is 0 Å². The van der Waals surface area contributed by atoms with E-state index in [0.717, 1.165) is 0 Å². The van der Waals surface area contributed by atoms with Gasteiger partial charge < -0.3 is 20.2 Å². The number of aryl methyl sites for hydroxylation is 1. The molecule has 0 saturated carbocycles. The van der Waals surface area contributed by atoms with Crippen LogP contribution in [0.15, 0.2) is 40.5 Å². The zero-order valence-corrected chi connectivity index (χ0v) is 15.6. The summed E-state index contributed by atoms with van der Waals surface area (Å²) in [6, 6.07) is 6.45. The first-order valence-electron chi connectivity index (χ1n) is 7.86. The van der Waals surface area contributed by atoms with Gasteiger partial charge in [-0.1, -0.05) is 29.3 Å². The maximum absolute atomic E-state index is 12.7. The molecule has 136 valence electrons. The van der Waals surface area contributed by atoms with Crippen LogP contribution in [0.3, 0.4) is 0 Å². The highest BCUT2D eigenvalue weighted by Crippen LogP contribution is 2.43. The molecule has 0 radical (unpaired) electrons. The molecule has 26 heavy (non-hydrogen) atoms. The van der Waals surface area contributed by atoms with Crippen LogP contribution in [0.1, 0.15) is 29.7 Å². The monoisotopic (exact) mass is 394 g/mol. The van der Waals surface area contributed by atoms with Crippen LogP contribution in [0, 0.1) is 6.92 Å². The third-order valence-corrected chi connectivity index (χ3v) is 4.56. The summed E-state index contributed by atoms with van der Waals surface area (Å²) < 4.78 is 10.7. The van der Waals surface area contributed by atoms with Crippen LogP contribution in [-0.4, -0.2) is 17.6 Å². The molecule has 1 aromatic heterocycles. The van der Waals surface area contributed by atoms with Gasteiger partial charge in [0.05, 0.1) is 18.1 Å². The molecule has 1 atom stereocenters. The Bertz CT molecular complexity index is 982. The minimum atomic E-state index is -0.841. The van der Waals surface area contributed by atoms with E-state index in [1.54, 1.807) is 32.0 Å². The molecule has 0 spiro atoms. The lowest BCUT2D eigenvalue weighted by Gasteiger charge is -2.28. The highest BCUT2D eigenvalue weighted by molar-refractivity contribution is 6.35. The van der Waals surface area contributed by atoms with Crippen molar-refractivity contribution in [2.75, 3.05) is 6.61 Å². The molecular weight excluding hydrogens is 379 g/mol. The van der Waals surface area contributed by atoms with E-state index >= 15 is 0 Å². The van der Waals surface area contributed by atoms with Crippen LogP contribution in [0.2, 0.25) is 10.0 Å². The molecule has 3 N–H and O–H groups in total. The van der Waals surface area contributed by atoms with Gasteiger partial charge in [-0.25, -0.2) is 4.79 Å². The topological polar surface area (TPSA) is 94.4 Å². The van der Waals surface area contributed by atoms with Crippen molar-refractivity contribution in [2.24, 2.45) is 5.73 Å². The van der Waals surface area contributed by atoms with Gasteiger partial charge in [0, 0.05) is 21.8 Å². The summed E-state index contributed by atoms with van der Waals surface area (Å²) in [4.78, 5) is 27.9. The normalized spacial score (nSPS) is 16.1. The standard InChI is InChI=1S/C18H16Cl2N2O4/c1-3-25-18(24)15-13(10-5-4-9(19)7-11(10)20)14-12(26-16(15)21)6-8(2)22-17(14)23/h4-7,13H,3,21H2,1-2H3,(H,22,23). The van der Waals surface area contributed by atoms with Gasteiger partial charge >= 0.3 is 5.97 Å². The molecule has 0 fully saturated rings. The van der Waals surface area contributed by atoms with Gasteiger partial charge in [0.2, 0.25) is 5.88 Å². The highest BCUT2D eigenvalue weighted by atomic mass is 35.5. The first-order valence-corrected chi connectivity index (χ1v) is 8.62. The average molecular weight is 395 g/mol. The van der Waals surface area contributed by atoms with Gasteiger partial charge in [-0.15, -0.1) is 0 Å². The summed E-state index contributed by atoms with van der Waals surface area (Å²) in [5.41, 5.74) is 6.97. The van der Waals surface area contributed by atoms with Gasteiger partial charge in [0.25, 0.3) is 5.56 Å². The van der Waals surface area contributed by atoms with E-state index in [-0.39, 0.29) is 29.4 Å². The van der Waals surface area contributed by atoms with E-state index in [1.165, 1.54) is 6.07 Å². The van der Waals surface area contributed by atoms with Crippen LogP contribution in [-0.2, 0) is 9.53 Å². The lowest BCUT2D eigenvalue weighted by Crippen LogP contribution is -2.32. The zero-order valence-electron chi connectivity index (χ0n) is 14.1. The largest absolute Gasteiger partial charge is 0.462 e. The Morgan fingerprint density at radius 1 is 1.35 bits per heavy atom. The van der Waals surface area contributed by atoms with Crippen molar-refractivity contribution >= 4 is 29.2 Å². The first-order chi connectivity index (χ1) is 12.3. The van der Waals surface area contributed by atoms with Gasteiger partial charge in [-0.2, -0.15) is 0 Å². The number of nitrogens with two attached hydrogens (primary N) is 1. The maximum Gasteiger partial charge on any atom is 0.340 e. The number of nitrogens with one attached hydrogen (secondary N) is 1. The summed E-state index contributed by atoms with van der Waals surface area (Å²) >= 11 is 12.3. The molecule has 6 nitrogen and oxygen atoms in total. The number of benzene rings is 1. The van der Waals surface area contributed by atoms with Crippen LogP contribution >= 0.6 is 23.2 Å². The number of halogens is 2. The number of aromatic amines is 1. The molecule has 2 aromatic rings. The molecule has 2 heterocycles. The van der Waals surface area contributed by atoms with Crippen LogP contribution in [0.5, 0.6) is 5.75 Å². The number of rotatable bonds is 3. The quantitative estimate of drug-likeness (QED) is 0.779. The number of fused-ring (bicyclic) bond motifs is 1. The van der Waals surface area contributed by atoms with Gasteiger partial charge in [0.1, 0.15) is 11.3 Å². The highest BCUT2D eigenvalue weighted by Gasteiger charge is 2.38. The average Bonchev–Trinajstić information content (AvgIpc) is 2.53. The molecule has 1 unspecified atom stereocenters. The van der Waals surface area contributed by atoms with Gasteiger partial charge in [-0.05, 0) is 31.5 Å². The number of hydrogen-bond acceptors (Lipinski definition) is 5. The molecule has 0 bridgehead atoms. The summed E-state index contributed by atoms with van der Waals surface area (Å²) in [6.45, 7) is 3.54. The molecule has 0 aliphatic carbocycles. The summed E-state index contributed by atoms with van der Waals surface area (Å²) in [5.74, 6) is -1.37. The van der Waals surface area contributed by atoms with E-state index in [9.17, 15) is 9.59 Å². The second-order valence-corrected chi connectivity index (χ2v) is 6.60. The fourth-order valence-corrected chi connectivity index (χ4v) is 3.48. The molecule has 1 aromatic carbocycles. The molecular formula is C18H16Cl2N2O4. The Balaban J connectivity index is 2.31. The number of pyridine rings is 1. The molecule has 3 rings (SSSR count). The summed E-state index contributed by atoms with van der Waals surface area (Å²) in [7, 11) is 0. The Hall–Kier alpha value is -2.44. The van der Waals surface area contributed by atoms with Gasteiger partial charge in [-0.3, -0.25) is 4.79 Å². The lowest BCUT2D eigenvalue weighted by molar-refractivity contribution is -0.139. The molecule has 1 aliphatic heterocycles. The zero-order chi connectivity index (χ0) is 19.0. The first kappa shape index (κ1) is 18.4. The van der Waals surface area contributed by atoms with E-state index in [2.05, 4.69) is 4.98 Å². The molecule has 0 amide bonds. The van der Waals surface area contributed by atoms with Crippen molar-refractivity contribution < 1.29 is 14.3 Å².